The summed E-state index contributed by atoms with van der Waals surface area (Å²) >= 11 is 5.69. The van der Waals surface area contributed by atoms with E-state index in [-0.39, 0.29) is 5.56 Å². The van der Waals surface area contributed by atoms with Gasteiger partial charge in [-0.2, -0.15) is 0 Å². The number of pyridine rings is 1. The summed E-state index contributed by atoms with van der Waals surface area (Å²) in [6, 6.07) is 3.03. The molecule has 13 heavy (non-hydrogen) atoms. The van der Waals surface area contributed by atoms with Crippen molar-refractivity contribution in [2.75, 3.05) is 0 Å². The number of nitrogens with zero attached hydrogens (tertiary/aromatic N) is 1. The van der Waals surface area contributed by atoms with E-state index in [4.69, 9.17) is 16.7 Å². The summed E-state index contributed by atoms with van der Waals surface area (Å²) in [5.41, 5.74) is 0.923. The van der Waals surface area contributed by atoms with E-state index in [1.54, 1.807) is 0 Å². The summed E-state index contributed by atoms with van der Waals surface area (Å²) in [6.07, 6.45) is 2.04. The van der Waals surface area contributed by atoms with E-state index in [1.165, 1.54) is 12.1 Å². The Morgan fingerprint density at radius 3 is 2.77 bits per heavy atom. The van der Waals surface area contributed by atoms with Crippen LogP contribution in [0.3, 0.4) is 0 Å². The Balaban J connectivity index is 2.47. The minimum absolute atomic E-state index is 0.284. The molecule has 0 aromatic carbocycles. The average molecular weight is 198 g/mol. The van der Waals surface area contributed by atoms with Crippen molar-refractivity contribution < 1.29 is 9.90 Å². The number of hydrogen-bond donors (Lipinski definition) is 1. The lowest BCUT2D eigenvalue weighted by molar-refractivity contribution is 0.0695. The quantitative estimate of drug-likeness (QED) is 0.741. The van der Waals surface area contributed by atoms with E-state index < -0.39 is 5.97 Å². The maximum Gasteiger partial charge on any atom is 0.337 e. The molecule has 1 N–H and O–H groups in total. The number of halogens is 1. The second kappa shape index (κ2) is 3.00. The average Bonchev–Trinajstić information content (AvgIpc) is 2.85. The maximum atomic E-state index is 10.8. The van der Waals surface area contributed by atoms with Gasteiger partial charge in [-0.25, -0.2) is 9.78 Å². The molecule has 0 aliphatic heterocycles. The maximum absolute atomic E-state index is 10.8. The standard InChI is InChI=1S/C9H8ClNO2/c10-7-4-3-6(9(12)13)8(11-7)5-1-2-5/h3-5H,1-2H2,(H,12,13). The summed E-state index contributed by atoms with van der Waals surface area (Å²) < 4.78 is 0. The second-order valence-electron chi connectivity index (χ2n) is 3.15. The molecule has 2 rings (SSSR count). The molecule has 1 fully saturated rings. The van der Waals surface area contributed by atoms with Gasteiger partial charge in [0.1, 0.15) is 5.15 Å². The highest BCUT2D eigenvalue weighted by Crippen LogP contribution is 2.40. The fourth-order valence-electron chi connectivity index (χ4n) is 1.30. The molecule has 1 aromatic heterocycles. The first kappa shape index (κ1) is 8.51. The van der Waals surface area contributed by atoms with Crippen molar-refractivity contribution in [3.8, 4) is 0 Å². The number of hydrogen-bond acceptors (Lipinski definition) is 2. The van der Waals surface area contributed by atoms with Crippen molar-refractivity contribution in [1.29, 1.82) is 0 Å². The molecule has 1 aromatic rings. The molecule has 0 unspecified atom stereocenters. The van der Waals surface area contributed by atoms with Crippen LogP contribution in [0.1, 0.15) is 34.8 Å². The van der Waals surface area contributed by atoms with Crippen LogP contribution in [-0.4, -0.2) is 16.1 Å². The summed E-state index contributed by atoms with van der Waals surface area (Å²) in [7, 11) is 0. The summed E-state index contributed by atoms with van der Waals surface area (Å²) in [6.45, 7) is 0. The largest absolute Gasteiger partial charge is 0.478 e. The zero-order valence-corrected chi connectivity index (χ0v) is 7.58. The van der Waals surface area contributed by atoms with Gasteiger partial charge < -0.3 is 5.11 Å². The SMILES string of the molecule is O=C(O)c1ccc(Cl)nc1C1CC1. The third-order valence-corrected chi connectivity index (χ3v) is 2.30. The van der Waals surface area contributed by atoms with Gasteiger partial charge in [0.25, 0.3) is 0 Å². The molecule has 1 heterocycles. The predicted molar refractivity (Wildman–Crippen MR) is 48.2 cm³/mol. The van der Waals surface area contributed by atoms with Crippen molar-refractivity contribution >= 4 is 17.6 Å². The predicted octanol–water partition coefficient (Wildman–Crippen LogP) is 2.31. The molecule has 68 valence electrons. The third-order valence-electron chi connectivity index (χ3n) is 2.09. The van der Waals surface area contributed by atoms with Crippen LogP contribution in [0.25, 0.3) is 0 Å². The Morgan fingerprint density at radius 2 is 2.23 bits per heavy atom. The first-order chi connectivity index (χ1) is 6.18. The topological polar surface area (TPSA) is 50.2 Å². The molecule has 0 radical (unpaired) electrons. The number of carboxylic acid groups (broad SMARTS) is 1. The fraction of sp³-hybridized carbons (Fsp3) is 0.333. The zero-order chi connectivity index (χ0) is 9.42. The van der Waals surface area contributed by atoms with E-state index in [0.29, 0.717) is 16.8 Å². The number of aromatic nitrogens is 1. The van der Waals surface area contributed by atoms with Gasteiger partial charge in [0.15, 0.2) is 0 Å². The van der Waals surface area contributed by atoms with Crippen molar-refractivity contribution in [2.45, 2.75) is 18.8 Å². The molecule has 0 amide bonds. The monoisotopic (exact) mass is 197 g/mol. The first-order valence-electron chi connectivity index (χ1n) is 4.08. The molecule has 3 nitrogen and oxygen atoms in total. The Morgan fingerprint density at radius 1 is 1.54 bits per heavy atom. The van der Waals surface area contributed by atoms with Crippen LogP contribution in [-0.2, 0) is 0 Å². The highest BCUT2D eigenvalue weighted by atomic mass is 35.5. The van der Waals surface area contributed by atoms with Gasteiger partial charge in [0.2, 0.25) is 0 Å². The minimum Gasteiger partial charge on any atom is -0.478 e. The van der Waals surface area contributed by atoms with Gasteiger partial charge in [-0.1, -0.05) is 11.6 Å². The van der Waals surface area contributed by atoms with Crippen molar-refractivity contribution in [2.24, 2.45) is 0 Å². The molecular formula is C9H8ClNO2. The lowest BCUT2D eigenvalue weighted by Crippen LogP contribution is -2.03. The van der Waals surface area contributed by atoms with E-state index in [2.05, 4.69) is 4.98 Å². The third kappa shape index (κ3) is 1.65. The van der Waals surface area contributed by atoms with Crippen LogP contribution in [0.4, 0.5) is 0 Å². The van der Waals surface area contributed by atoms with Crippen LogP contribution in [0.15, 0.2) is 12.1 Å². The molecule has 1 aliphatic rings. The Kier molecular flexibility index (Phi) is 1.96. The van der Waals surface area contributed by atoms with Crippen LogP contribution < -0.4 is 0 Å². The highest BCUT2D eigenvalue weighted by Gasteiger charge is 2.29. The van der Waals surface area contributed by atoms with E-state index in [9.17, 15) is 4.79 Å². The lowest BCUT2D eigenvalue weighted by Gasteiger charge is -2.02. The Labute approximate surface area is 80.4 Å². The van der Waals surface area contributed by atoms with Gasteiger partial charge in [0.05, 0.1) is 11.3 Å². The fourth-order valence-corrected chi connectivity index (χ4v) is 1.45. The van der Waals surface area contributed by atoms with Gasteiger partial charge in [0, 0.05) is 5.92 Å². The molecular weight excluding hydrogens is 190 g/mol. The highest BCUT2D eigenvalue weighted by molar-refractivity contribution is 6.29. The minimum atomic E-state index is -0.925. The molecule has 1 aliphatic carbocycles. The molecule has 0 bridgehead atoms. The molecule has 4 heteroatoms. The number of aromatic carboxylic acids is 1. The second-order valence-corrected chi connectivity index (χ2v) is 3.53. The van der Waals surface area contributed by atoms with Crippen molar-refractivity contribution in [3.63, 3.8) is 0 Å². The number of rotatable bonds is 2. The molecule has 0 spiro atoms. The molecule has 0 atom stereocenters. The molecule has 0 saturated heterocycles. The normalized spacial score (nSPS) is 15.8. The zero-order valence-electron chi connectivity index (χ0n) is 6.83. The Hall–Kier alpha value is -1.09. The first-order valence-corrected chi connectivity index (χ1v) is 4.46. The summed E-state index contributed by atoms with van der Waals surface area (Å²) in [5.74, 6) is -0.615. The summed E-state index contributed by atoms with van der Waals surface area (Å²) in [4.78, 5) is 14.8. The van der Waals surface area contributed by atoms with Gasteiger partial charge in [-0.15, -0.1) is 0 Å². The van der Waals surface area contributed by atoms with Crippen LogP contribution in [0.2, 0.25) is 5.15 Å². The van der Waals surface area contributed by atoms with Gasteiger partial charge in [-0.3, -0.25) is 0 Å². The van der Waals surface area contributed by atoms with Crippen LogP contribution in [0.5, 0.6) is 0 Å². The van der Waals surface area contributed by atoms with Gasteiger partial charge >= 0.3 is 5.97 Å². The van der Waals surface area contributed by atoms with Crippen molar-refractivity contribution in [3.05, 3.63) is 28.5 Å². The van der Waals surface area contributed by atoms with E-state index in [1.807, 2.05) is 0 Å². The Bertz CT molecular complexity index is 361. The number of carboxylic acids is 1. The smallest absolute Gasteiger partial charge is 0.337 e. The lowest BCUT2D eigenvalue weighted by atomic mass is 10.1. The van der Waals surface area contributed by atoms with Gasteiger partial charge in [-0.05, 0) is 25.0 Å². The molecule has 1 saturated carbocycles. The summed E-state index contributed by atoms with van der Waals surface area (Å²) in [5, 5.41) is 9.22. The van der Waals surface area contributed by atoms with E-state index in [0.717, 1.165) is 12.8 Å². The van der Waals surface area contributed by atoms with E-state index >= 15 is 0 Å². The van der Waals surface area contributed by atoms with Crippen molar-refractivity contribution in [1.82, 2.24) is 4.98 Å². The number of carbonyl (C=O) groups is 1. The van der Waals surface area contributed by atoms with Crippen LogP contribution in [0, 0.1) is 0 Å². The van der Waals surface area contributed by atoms with Crippen LogP contribution >= 0.6 is 11.6 Å².